The molecule has 1 unspecified atom stereocenters. The molecule has 2 aliphatic heterocycles. The van der Waals surface area contributed by atoms with Crippen molar-refractivity contribution in [1.82, 2.24) is 20.4 Å². The number of allylic oxidation sites excluding steroid dienone is 1. The van der Waals surface area contributed by atoms with Crippen molar-refractivity contribution in [2.75, 3.05) is 31.6 Å². The van der Waals surface area contributed by atoms with E-state index in [1.165, 1.54) is 16.9 Å². The molecule has 40 heavy (non-hydrogen) atoms. The van der Waals surface area contributed by atoms with Crippen LogP contribution in [0.3, 0.4) is 0 Å². The standard InChI is InChI=1S/C31H36ClN5O2S/c1-21-17-25(28(38)18-30-35-34-29(40-30)12-7-22-3-8-26(32)9-4-22)20-37(21)27-10-5-23(6-11-27)19-33-31(39)24-13-15-36(2)16-14-24/h3-6,8-11,24-25H,1,7,12-20H2,2H3,(H,33,39). The number of benzene rings is 2. The summed E-state index contributed by atoms with van der Waals surface area (Å²) in [4.78, 5) is 30.1. The first-order valence-electron chi connectivity index (χ1n) is 13.9. The van der Waals surface area contributed by atoms with Gasteiger partial charge in [0.2, 0.25) is 5.91 Å². The van der Waals surface area contributed by atoms with E-state index in [1.807, 2.05) is 48.5 Å². The molecule has 0 spiro atoms. The Morgan fingerprint density at radius 1 is 0.975 bits per heavy atom. The van der Waals surface area contributed by atoms with E-state index in [4.69, 9.17) is 11.6 Å². The van der Waals surface area contributed by atoms with E-state index >= 15 is 0 Å². The SMILES string of the molecule is C=C1CC(C(=O)Cc2nnc(CCc3ccc(Cl)cc3)s2)CN1c1ccc(CNC(=O)C2CCN(C)CC2)cc1. The molecule has 3 heterocycles. The quantitative estimate of drug-likeness (QED) is 0.362. The van der Waals surface area contributed by atoms with Crippen molar-refractivity contribution in [3.8, 4) is 0 Å². The smallest absolute Gasteiger partial charge is 0.223 e. The number of amides is 1. The fourth-order valence-electron chi connectivity index (χ4n) is 5.37. The van der Waals surface area contributed by atoms with Gasteiger partial charge in [-0.3, -0.25) is 9.59 Å². The topological polar surface area (TPSA) is 78.4 Å². The van der Waals surface area contributed by atoms with Crippen molar-refractivity contribution < 1.29 is 9.59 Å². The van der Waals surface area contributed by atoms with Crippen LogP contribution in [0.25, 0.3) is 0 Å². The summed E-state index contributed by atoms with van der Waals surface area (Å²) in [6.45, 7) is 7.33. The van der Waals surface area contributed by atoms with Crippen molar-refractivity contribution in [2.24, 2.45) is 11.8 Å². The first-order valence-corrected chi connectivity index (χ1v) is 15.1. The highest BCUT2D eigenvalue weighted by atomic mass is 35.5. The van der Waals surface area contributed by atoms with Crippen LogP contribution in [0.4, 0.5) is 5.69 Å². The predicted molar refractivity (Wildman–Crippen MR) is 161 cm³/mol. The number of rotatable bonds is 10. The zero-order chi connectivity index (χ0) is 28.1. The molecule has 0 saturated carbocycles. The van der Waals surface area contributed by atoms with Gasteiger partial charge in [-0.2, -0.15) is 0 Å². The molecule has 2 fully saturated rings. The van der Waals surface area contributed by atoms with Gasteiger partial charge in [-0.1, -0.05) is 42.4 Å². The van der Waals surface area contributed by atoms with Crippen molar-refractivity contribution in [3.63, 3.8) is 0 Å². The number of hydrogen-bond donors (Lipinski definition) is 1. The van der Waals surface area contributed by atoms with E-state index in [-0.39, 0.29) is 23.5 Å². The molecule has 1 N–H and O–H groups in total. The van der Waals surface area contributed by atoms with Gasteiger partial charge in [0.05, 0.1) is 6.42 Å². The zero-order valence-electron chi connectivity index (χ0n) is 22.9. The minimum Gasteiger partial charge on any atom is -0.352 e. The average molecular weight is 578 g/mol. The molecular weight excluding hydrogens is 542 g/mol. The van der Waals surface area contributed by atoms with E-state index in [1.54, 1.807) is 0 Å². The molecule has 7 nitrogen and oxygen atoms in total. The number of aryl methyl sites for hydroxylation is 2. The van der Waals surface area contributed by atoms with Crippen LogP contribution in [0.5, 0.6) is 0 Å². The largest absolute Gasteiger partial charge is 0.352 e. The first kappa shape index (κ1) is 28.5. The highest BCUT2D eigenvalue weighted by Gasteiger charge is 2.32. The second kappa shape index (κ2) is 13.1. The number of carbonyl (C=O) groups excluding carboxylic acids is 2. The van der Waals surface area contributed by atoms with Crippen molar-refractivity contribution >= 4 is 40.3 Å². The van der Waals surface area contributed by atoms with E-state index in [9.17, 15) is 9.59 Å². The fraction of sp³-hybridized carbons (Fsp3) is 0.419. The Morgan fingerprint density at radius 2 is 1.65 bits per heavy atom. The lowest BCUT2D eigenvalue weighted by Gasteiger charge is -2.28. The van der Waals surface area contributed by atoms with Crippen LogP contribution in [-0.2, 0) is 35.4 Å². The molecule has 3 aromatic rings. The molecule has 2 saturated heterocycles. The van der Waals surface area contributed by atoms with Crippen molar-refractivity contribution in [2.45, 2.75) is 45.1 Å². The number of nitrogens with zero attached hydrogens (tertiary/aromatic N) is 4. The second-order valence-corrected chi connectivity index (χ2v) is 12.5. The minimum atomic E-state index is -0.109. The number of halogens is 1. The van der Waals surface area contributed by atoms with Gasteiger partial charge in [0.25, 0.3) is 0 Å². The molecular formula is C31H36ClN5O2S. The molecule has 0 radical (unpaired) electrons. The number of hydrogen-bond acceptors (Lipinski definition) is 7. The van der Waals surface area contributed by atoms with Crippen LogP contribution >= 0.6 is 22.9 Å². The summed E-state index contributed by atoms with van der Waals surface area (Å²) in [5, 5.41) is 14.1. The van der Waals surface area contributed by atoms with Crippen LogP contribution in [0.15, 0.2) is 60.8 Å². The minimum absolute atomic E-state index is 0.109. The van der Waals surface area contributed by atoms with Gasteiger partial charge in [-0.15, -0.1) is 21.5 Å². The van der Waals surface area contributed by atoms with Gasteiger partial charge in [0.1, 0.15) is 15.8 Å². The maximum Gasteiger partial charge on any atom is 0.223 e. The van der Waals surface area contributed by atoms with Gasteiger partial charge in [0, 0.05) is 47.8 Å². The van der Waals surface area contributed by atoms with Crippen LogP contribution in [0.1, 0.15) is 40.4 Å². The third-order valence-electron chi connectivity index (χ3n) is 7.90. The molecule has 2 aromatic carbocycles. The molecule has 210 valence electrons. The number of nitrogens with one attached hydrogen (secondary N) is 1. The number of piperidine rings is 1. The molecule has 1 aromatic heterocycles. The summed E-state index contributed by atoms with van der Waals surface area (Å²) >= 11 is 7.49. The van der Waals surface area contributed by atoms with Crippen molar-refractivity contribution in [3.05, 3.63) is 87.0 Å². The number of aromatic nitrogens is 2. The maximum absolute atomic E-state index is 13.1. The lowest BCUT2D eigenvalue weighted by Crippen LogP contribution is -2.38. The molecule has 2 aliphatic rings. The summed E-state index contributed by atoms with van der Waals surface area (Å²) in [6.07, 6.45) is 4.45. The lowest BCUT2D eigenvalue weighted by molar-refractivity contribution is -0.126. The first-order chi connectivity index (χ1) is 19.3. The predicted octanol–water partition coefficient (Wildman–Crippen LogP) is 5.09. The van der Waals surface area contributed by atoms with Crippen LogP contribution < -0.4 is 10.2 Å². The molecule has 0 bridgehead atoms. The van der Waals surface area contributed by atoms with Crippen LogP contribution in [0.2, 0.25) is 5.02 Å². The summed E-state index contributed by atoms with van der Waals surface area (Å²) in [5.74, 6) is 0.328. The number of Topliss-reactive ketones (excluding diaryl/α,β-unsaturated/α-hetero) is 1. The fourth-order valence-corrected chi connectivity index (χ4v) is 6.35. The normalized spacial score (nSPS) is 18.3. The average Bonchev–Trinajstić information content (AvgIpc) is 3.58. The number of anilines is 1. The number of ketones is 1. The lowest BCUT2D eigenvalue weighted by atomic mass is 9.96. The maximum atomic E-state index is 13.1. The Balaban J connectivity index is 1.09. The van der Waals surface area contributed by atoms with Gasteiger partial charge >= 0.3 is 0 Å². The second-order valence-electron chi connectivity index (χ2n) is 10.9. The van der Waals surface area contributed by atoms with E-state index < -0.39 is 0 Å². The molecule has 0 aliphatic carbocycles. The molecule has 9 heteroatoms. The van der Waals surface area contributed by atoms with Crippen LogP contribution in [-0.4, -0.2) is 53.5 Å². The van der Waals surface area contributed by atoms with Gasteiger partial charge in [0.15, 0.2) is 0 Å². The Bertz CT molecular complexity index is 1330. The number of carbonyl (C=O) groups is 2. The number of likely N-dealkylation sites (tertiary alicyclic amines) is 1. The van der Waals surface area contributed by atoms with Gasteiger partial charge in [-0.25, -0.2) is 0 Å². The summed E-state index contributed by atoms with van der Waals surface area (Å²) in [7, 11) is 2.10. The zero-order valence-corrected chi connectivity index (χ0v) is 24.5. The highest BCUT2D eigenvalue weighted by molar-refractivity contribution is 7.11. The molecule has 1 atom stereocenters. The molecule has 1 amide bonds. The monoisotopic (exact) mass is 577 g/mol. The van der Waals surface area contributed by atoms with Crippen LogP contribution in [0, 0.1) is 11.8 Å². The third kappa shape index (κ3) is 7.36. The van der Waals surface area contributed by atoms with Gasteiger partial charge in [-0.05, 0) is 81.2 Å². The highest BCUT2D eigenvalue weighted by Crippen LogP contribution is 2.32. The van der Waals surface area contributed by atoms with Gasteiger partial charge < -0.3 is 15.1 Å². The summed E-state index contributed by atoms with van der Waals surface area (Å²) in [5.41, 5.74) is 4.23. The van der Waals surface area contributed by atoms with E-state index in [0.717, 1.165) is 70.8 Å². The van der Waals surface area contributed by atoms with E-state index in [2.05, 4.69) is 38.9 Å². The Morgan fingerprint density at radius 3 is 2.38 bits per heavy atom. The van der Waals surface area contributed by atoms with Crippen molar-refractivity contribution in [1.29, 1.82) is 0 Å². The third-order valence-corrected chi connectivity index (χ3v) is 9.14. The summed E-state index contributed by atoms with van der Waals surface area (Å²) < 4.78 is 0. The molecule has 5 rings (SSSR count). The Labute approximate surface area is 245 Å². The Hall–Kier alpha value is -3.07. The Kier molecular flexibility index (Phi) is 9.29. The van der Waals surface area contributed by atoms with E-state index in [0.29, 0.717) is 25.9 Å². The summed E-state index contributed by atoms with van der Waals surface area (Å²) in [6, 6.07) is 16.0.